The number of ketones is 1. The van der Waals surface area contributed by atoms with Gasteiger partial charge >= 0.3 is 0 Å². The average Bonchev–Trinajstić information content (AvgIpc) is 2.25. The van der Waals surface area contributed by atoms with Crippen molar-refractivity contribution in [1.82, 2.24) is 0 Å². The Morgan fingerprint density at radius 2 is 2.00 bits per heavy atom. The second-order valence-electron chi connectivity index (χ2n) is 3.75. The summed E-state index contributed by atoms with van der Waals surface area (Å²) >= 11 is 0. The fourth-order valence-electron chi connectivity index (χ4n) is 1.62. The third kappa shape index (κ3) is 1.34. The van der Waals surface area contributed by atoms with Gasteiger partial charge in [-0.05, 0) is 19.1 Å². The Morgan fingerprint density at radius 1 is 1.40 bits per heavy atom. The maximum Gasteiger partial charge on any atom is 0.256 e. The van der Waals surface area contributed by atoms with Gasteiger partial charge in [0.2, 0.25) is 0 Å². The van der Waals surface area contributed by atoms with Gasteiger partial charge in [0, 0.05) is 5.69 Å². The van der Waals surface area contributed by atoms with Crippen LogP contribution >= 0.6 is 0 Å². The molecule has 0 saturated carbocycles. The number of rotatable bonds is 2. The van der Waals surface area contributed by atoms with E-state index in [4.69, 9.17) is 5.73 Å². The van der Waals surface area contributed by atoms with E-state index in [1.807, 2.05) is 30.3 Å². The molecule has 1 amide bonds. The summed E-state index contributed by atoms with van der Waals surface area (Å²) in [5.41, 5.74) is 5.16. The van der Waals surface area contributed by atoms with Crippen molar-refractivity contribution in [1.29, 1.82) is 0 Å². The van der Waals surface area contributed by atoms with Crippen molar-refractivity contribution in [2.24, 2.45) is 5.73 Å². The van der Waals surface area contributed by atoms with Crippen molar-refractivity contribution in [3.05, 3.63) is 30.3 Å². The van der Waals surface area contributed by atoms with Crippen molar-refractivity contribution in [2.75, 3.05) is 11.4 Å². The number of hydrogen-bond acceptors (Lipinski definition) is 3. The number of carbonyl (C=O) groups is 2. The molecule has 0 unspecified atom stereocenters. The number of anilines is 1. The molecule has 1 aromatic carbocycles. The van der Waals surface area contributed by atoms with E-state index in [0.29, 0.717) is 0 Å². The minimum absolute atomic E-state index is 0.269. The van der Waals surface area contributed by atoms with Gasteiger partial charge in [0.15, 0.2) is 11.3 Å². The van der Waals surface area contributed by atoms with Crippen LogP contribution in [-0.2, 0) is 9.59 Å². The predicted octanol–water partition coefficient (Wildman–Crippen LogP) is 0.320. The van der Waals surface area contributed by atoms with Crippen LogP contribution in [0.25, 0.3) is 0 Å². The van der Waals surface area contributed by atoms with E-state index in [9.17, 15) is 9.59 Å². The Hall–Kier alpha value is -1.68. The molecule has 15 heavy (non-hydrogen) atoms. The number of carbonyl (C=O) groups excluding carboxylic acids is 2. The molecular weight excluding hydrogens is 192 g/mol. The van der Waals surface area contributed by atoms with Gasteiger partial charge in [-0.2, -0.15) is 0 Å². The number of amides is 1. The molecule has 0 aromatic heterocycles. The molecule has 4 nitrogen and oxygen atoms in total. The molecule has 1 saturated heterocycles. The molecule has 2 N–H and O–H groups in total. The first-order valence-electron chi connectivity index (χ1n) is 4.72. The van der Waals surface area contributed by atoms with Gasteiger partial charge in [-0.3, -0.25) is 9.59 Å². The molecule has 0 spiro atoms. The number of benzene rings is 1. The molecule has 1 atom stereocenters. The fraction of sp³-hybridized carbons (Fsp3) is 0.273. The second-order valence-corrected chi connectivity index (χ2v) is 3.75. The quantitative estimate of drug-likeness (QED) is 0.557. The maximum atomic E-state index is 11.7. The Balaban J connectivity index is 2.21. The zero-order valence-electron chi connectivity index (χ0n) is 8.43. The first-order chi connectivity index (χ1) is 7.05. The number of nitrogens with zero attached hydrogens (tertiary/aromatic N) is 1. The number of β-lactam (4-membered cyclic amide) rings is 1. The number of para-hydroxylation sites is 1. The van der Waals surface area contributed by atoms with Crippen molar-refractivity contribution in [3.8, 4) is 0 Å². The van der Waals surface area contributed by atoms with E-state index >= 15 is 0 Å². The molecule has 0 bridgehead atoms. The summed E-state index contributed by atoms with van der Waals surface area (Å²) in [6.07, 6.45) is 0. The van der Waals surface area contributed by atoms with E-state index in [1.165, 1.54) is 11.8 Å². The van der Waals surface area contributed by atoms with Crippen molar-refractivity contribution in [2.45, 2.75) is 12.5 Å². The van der Waals surface area contributed by atoms with Crippen LogP contribution in [0.3, 0.4) is 0 Å². The molecule has 0 aliphatic carbocycles. The molecular formula is C11H12N2O2. The third-order valence-electron chi connectivity index (χ3n) is 2.73. The Bertz CT molecular complexity index is 416. The summed E-state index contributed by atoms with van der Waals surface area (Å²) < 4.78 is 0. The highest BCUT2D eigenvalue weighted by Crippen LogP contribution is 2.27. The highest BCUT2D eigenvalue weighted by atomic mass is 16.2. The topological polar surface area (TPSA) is 63.4 Å². The van der Waals surface area contributed by atoms with E-state index < -0.39 is 5.54 Å². The van der Waals surface area contributed by atoms with Crippen LogP contribution in [0.4, 0.5) is 5.69 Å². The molecule has 2 rings (SSSR count). The molecule has 1 aliphatic heterocycles. The zero-order valence-corrected chi connectivity index (χ0v) is 8.43. The van der Waals surface area contributed by atoms with Crippen LogP contribution in [0.2, 0.25) is 0 Å². The van der Waals surface area contributed by atoms with E-state index in [2.05, 4.69) is 0 Å². The summed E-state index contributed by atoms with van der Waals surface area (Å²) in [6.45, 7) is 1.62. The van der Waals surface area contributed by atoms with Crippen molar-refractivity contribution >= 4 is 17.4 Å². The standard InChI is InChI=1S/C11H12N2O2/c1-8(14)11(12)7-13(10(11)15)9-5-3-2-4-6-9/h2-6H,7,12H2,1H3/t11-/m0/s1. The molecule has 1 heterocycles. The van der Waals surface area contributed by atoms with Gasteiger partial charge in [0.05, 0.1) is 6.54 Å². The third-order valence-corrected chi connectivity index (χ3v) is 2.73. The lowest BCUT2D eigenvalue weighted by Gasteiger charge is -2.44. The zero-order chi connectivity index (χ0) is 11.1. The van der Waals surface area contributed by atoms with Crippen LogP contribution < -0.4 is 10.6 Å². The Kier molecular flexibility index (Phi) is 2.08. The SMILES string of the molecule is CC(=O)[C@@]1(N)CN(c2ccccc2)C1=O. The molecule has 1 aromatic rings. The first-order valence-corrected chi connectivity index (χ1v) is 4.72. The van der Waals surface area contributed by atoms with Gasteiger partial charge in [-0.15, -0.1) is 0 Å². The highest BCUT2D eigenvalue weighted by molar-refractivity contribution is 6.21. The van der Waals surface area contributed by atoms with E-state index in [-0.39, 0.29) is 18.2 Å². The minimum Gasteiger partial charge on any atom is -0.310 e. The fourth-order valence-corrected chi connectivity index (χ4v) is 1.62. The predicted molar refractivity (Wildman–Crippen MR) is 56.4 cm³/mol. The number of nitrogens with two attached hydrogens (primary N) is 1. The van der Waals surface area contributed by atoms with Crippen LogP contribution in [0.1, 0.15) is 6.92 Å². The van der Waals surface area contributed by atoms with Crippen LogP contribution in [0, 0.1) is 0 Å². The molecule has 78 valence electrons. The minimum atomic E-state index is -1.30. The van der Waals surface area contributed by atoms with Gasteiger partial charge in [0.25, 0.3) is 5.91 Å². The molecule has 4 heteroatoms. The summed E-state index contributed by atoms with van der Waals surface area (Å²) in [4.78, 5) is 24.4. The highest BCUT2D eigenvalue weighted by Gasteiger charge is 2.53. The summed E-state index contributed by atoms with van der Waals surface area (Å²) in [7, 11) is 0. The summed E-state index contributed by atoms with van der Waals surface area (Å²) in [6, 6.07) is 9.18. The van der Waals surface area contributed by atoms with Crippen molar-refractivity contribution in [3.63, 3.8) is 0 Å². The number of Topliss-reactive ketones (excluding diaryl/α,β-unsaturated/α-hetero) is 1. The lowest BCUT2D eigenvalue weighted by molar-refractivity contribution is -0.137. The lowest BCUT2D eigenvalue weighted by Crippen LogP contribution is -2.75. The van der Waals surface area contributed by atoms with Crippen LogP contribution in [0.15, 0.2) is 30.3 Å². The first kappa shape index (κ1) is 9.86. The second kappa shape index (κ2) is 3.17. The monoisotopic (exact) mass is 204 g/mol. The van der Waals surface area contributed by atoms with Crippen LogP contribution in [0.5, 0.6) is 0 Å². The maximum absolute atomic E-state index is 11.7. The largest absolute Gasteiger partial charge is 0.310 e. The summed E-state index contributed by atoms with van der Waals surface area (Å²) in [5, 5.41) is 0. The normalized spacial score (nSPS) is 24.9. The Labute approximate surface area is 87.7 Å². The smallest absolute Gasteiger partial charge is 0.256 e. The Morgan fingerprint density at radius 3 is 2.47 bits per heavy atom. The lowest BCUT2D eigenvalue weighted by atomic mass is 9.85. The van der Waals surface area contributed by atoms with Crippen LogP contribution in [-0.4, -0.2) is 23.8 Å². The summed E-state index contributed by atoms with van der Waals surface area (Å²) in [5.74, 6) is -0.596. The average molecular weight is 204 g/mol. The molecule has 0 radical (unpaired) electrons. The number of hydrogen-bond donors (Lipinski definition) is 1. The van der Waals surface area contributed by atoms with Gasteiger partial charge in [-0.1, -0.05) is 18.2 Å². The van der Waals surface area contributed by atoms with Crippen molar-refractivity contribution < 1.29 is 9.59 Å². The van der Waals surface area contributed by atoms with Gasteiger partial charge in [0.1, 0.15) is 0 Å². The van der Waals surface area contributed by atoms with E-state index in [0.717, 1.165) is 5.69 Å². The van der Waals surface area contributed by atoms with Gasteiger partial charge in [-0.25, -0.2) is 0 Å². The van der Waals surface area contributed by atoms with Gasteiger partial charge < -0.3 is 10.6 Å². The molecule has 1 aliphatic rings. The molecule has 1 fully saturated rings. The van der Waals surface area contributed by atoms with E-state index in [1.54, 1.807) is 0 Å².